The third-order valence-electron chi connectivity index (χ3n) is 3.42. The van der Waals surface area contributed by atoms with Gasteiger partial charge in [-0.25, -0.2) is 0 Å². The molecule has 0 saturated heterocycles. The van der Waals surface area contributed by atoms with Crippen LogP contribution in [0.3, 0.4) is 0 Å². The SMILES string of the molecule is CC(C)(C)[NH][Zr][c]1cccc2c1Cc1ccccc1-2. The molecule has 96 valence electrons. The van der Waals surface area contributed by atoms with Crippen LogP contribution in [-0.2, 0) is 29.9 Å². The van der Waals surface area contributed by atoms with Gasteiger partial charge >= 0.3 is 128 Å². The van der Waals surface area contributed by atoms with E-state index in [1.165, 1.54) is 16.7 Å². The van der Waals surface area contributed by atoms with Gasteiger partial charge in [-0.2, -0.15) is 0 Å². The molecular weight excluding hydrogens is 309 g/mol. The second kappa shape index (κ2) is 5.00. The van der Waals surface area contributed by atoms with Crippen LogP contribution in [0.5, 0.6) is 0 Å². The van der Waals surface area contributed by atoms with Crippen molar-refractivity contribution in [2.75, 3.05) is 0 Å². The molecule has 3 rings (SSSR count). The summed E-state index contributed by atoms with van der Waals surface area (Å²) in [6.07, 6.45) is 1.12. The zero-order valence-corrected chi connectivity index (χ0v) is 14.2. The fraction of sp³-hybridized carbons (Fsp3) is 0.294. The first kappa shape index (κ1) is 13.3. The molecular formula is C17H19NZr. The summed E-state index contributed by atoms with van der Waals surface area (Å²) in [5.74, 6) is 0. The number of benzene rings is 2. The Balaban J connectivity index is 1.95. The average Bonchev–Trinajstić information content (AvgIpc) is 2.74. The number of nitrogens with one attached hydrogen (secondary N) is 1. The molecule has 1 aliphatic carbocycles. The van der Waals surface area contributed by atoms with Crippen molar-refractivity contribution in [2.24, 2.45) is 0 Å². The number of rotatable bonds is 2. The average molecular weight is 329 g/mol. The Labute approximate surface area is 127 Å². The van der Waals surface area contributed by atoms with Crippen molar-refractivity contribution in [1.82, 2.24) is 3.26 Å². The summed E-state index contributed by atoms with van der Waals surface area (Å²) in [6, 6.07) is 15.7. The van der Waals surface area contributed by atoms with Gasteiger partial charge in [0.15, 0.2) is 0 Å². The van der Waals surface area contributed by atoms with E-state index < -0.39 is 23.5 Å². The van der Waals surface area contributed by atoms with Crippen LogP contribution in [0.1, 0.15) is 31.9 Å². The van der Waals surface area contributed by atoms with E-state index in [0.29, 0.717) is 0 Å². The van der Waals surface area contributed by atoms with E-state index in [4.69, 9.17) is 0 Å². The van der Waals surface area contributed by atoms with E-state index in [9.17, 15) is 0 Å². The zero-order chi connectivity index (χ0) is 13.5. The molecule has 19 heavy (non-hydrogen) atoms. The Hall–Kier alpha value is -0.717. The predicted octanol–water partition coefficient (Wildman–Crippen LogP) is 3.27. The third kappa shape index (κ3) is 2.75. The molecule has 1 aliphatic rings. The molecule has 0 amide bonds. The molecule has 0 aromatic heterocycles. The Bertz CT molecular complexity index is 611. The van der Waals surface area contributed by atoms with Gasteiger partial charge in [-0.15, -0.1) is 0 Å². The van der Waals surface area contributed by atoms with Gasteiger partial charge in [0.1, 0.15) is 0 Å². The van der Waals surface area contributed by atoms with Gasteiger partial charge in [0, 0.05) is 0 Å². The van der Waals surface area contributed by atoms with E-state index in [1.807, 2.05) is 0 Å². The normalized spacial score (nSPS) is 13.0. The summed E-state index contributed by atoms with van der Waals surface area (Å²) in [6.45, 7) is 6.77. The molecule has 0 aliphatic heterocycles. The second-order valence-electron chi connectivity index (χ2n) is 6.17. The van der Waals surface area contributed by atoms with Gasteiger partial charge in [-0.05, 0) is 0 Å². The summed E-state index contributed by atoms with van der Waals surface area (Å²) in [5, 5.41) is 0. The summed E-state index contributed by atoms with van der Waals surface area (Å²) >= 11 is -0.704. The fourth-order valence-electron chi connectivity index (χ4n) is 2.53. The topological polar surface area (TPSA) is 12.0 Å². The molecule has 0 saturated carbocycles. The van der Waals surface area contributed by atoms with Crippen molar-refractivity contribution >= 4 is 3.27 Å². The molecule has 1 nitrogen and oxygen atoms in total. The first-order valence-electron chi connectivity index (χ1n) is 6.78. The van der Waals surface area contributed by atoms with E-state index in [0.717, 1.165) is 6.42 Å². The molecule has 0 fully saturated rings. The van der Waals surface area contributed by atoms with Crippen LogP contribution in [0, 0.1) is 0 Å². The molecule has 0 radical (unpaired) electrons. The molecule has 0 heterocycles. The molecule has 1 N–H and O–H groups in total. The Morgan fingerprint density at radius 3 is 2.47 bits per heavy atom. The van der Waals surface area contributed by atoms with E-state index in [-0.39, 0.29) is 5.54 Å². The third-order valence-corrected chi connectivity index (χ3v) is 7.39. The Kier molecular flexibility index (Phi) is 3.49. The monoisotopic (exact) mass is 327 g/mol. The predicted molar refractivity (Wildman–Crippen MR) is 77.2 cm³/mol. The first-order valence-corrected chi connectivity index (χ1v) is 9.24. The summed E-state index contributed by atoms with van der Waals surface area (Å²) in [5.41, 5.74) is 6.20. The molecule has 0 bridgehead atoms. The van der Waals surface area contributed by atoms with Gasteiger partial charge in [-0.3, -0.25) is 0 Å². The summed E-state index contributed by atoms with van der Waals surface area (Å²) in [7, 11) is 0. The van der Waals surface area contributed by atoms with Crippen molar-refractivity contribution in [2.45, 2.75) is 32.7 Å². The molecule has 2 aromatic carbocycles. The summed E-state index contributed by atoms with van der Waals surface area (Å²) < 4.78 is 5.37. The summed E-state index contributed by atoms with van der Waals surface area (Å²) in [4.78, 5) is 0. The quantitative estimate of drug-likeness (QED) is 0.761. The minimum atomic E-state index is -0.704. The number of hydrogen-bond acceptors (Lipinski definition) is 1. The fourth-order valence-corrected chi connectivity index (χ4v) is 5.14. The molecule has 0 unspecified atom stereocenters. The van der Waals surface area contributed by atoms with Gasteiger partial charge in [0.05, 0.1) is 0 Å². The van der Waals surface area contributed by atoms with Crippen molar-refractivity contribution in [1.29, 1.82) is 0 Å². The standard InChI is InChI=1S/C13H9.C4H10N.Zr/c1-3-7-12-10(5-1)9-11-6-2-4-8-13(11)12;1-4(2,3)5;/h1-5,7-8H,9H2;5H,1-3H3;/q;-1;+1. The van der Waals surface area contributed by atoms with Gasteiger partial charge in [0.25, 0.3) is 0 Å². The molecule has 2 heteroatoms. The van der Waals surface area contributed by atoms with Crippen LogP contribution in [-0.4, -0.2) is 5.54 Å². The molecule has 2 aromatic rings. The van der Waals surface area contributed by atoms with Crippen LogP contribution in [0.25, 0.3) is 11.1 Å². The van der Waals surface area contributed by atoms with Gasteiger partial charge in [0.2, 0.25) is 0 Å². The van der Waals surface area contributed by atoms with Crippen molar-refractivity contribution in [3.05, 3.63) is 53.6 Å². The maximum atomic E-state index is 3.76. The van der Waals surface area contributed by atoms with Crippen molar-refractivity contribution in [3.63, 3.8) is 0 Å². The molecule has 0 spiro atoms. The number of hydrogen-bond donors (Lipinski definition) is 1. The van der Waals surface area contributed by atoms with Crippen LogP contribution in [0.4, 0.5) is 0 Å². The maximum absolute atomic E-state index is 3.76. The van der Waals surface area contributed by atoms with Crippen LogP contribution in [0.15, 0.2) is 42.5 Å². The van der Waals surface area contributed by atoms with Gasteiger partial charge < -0.3 is 0 Å². The van der Waals surface area contributed by atoms with E-state index >= 15 is 0 Å². The number of fused-ring (bicyclic) bond motifs is 3. The molecule has 0 atom stereocenters. The first-order chi connectivity index (χ1) is 9.04. The van der Waals surface area contributed by atoms with Gasteiger partial charge in [-0.1, -0.05) is 0 Å². The van der Waals surface area contributed by atoms with Crippen LogP contribution < -0.4 is 6.53 Å². The van der Waals surface area contributed by atoms with Crippen LogP contribution in [0.2, 0.25) is 0 Å². The second-order valence-corrected chi connectivity index (χ2v) is 8.72. The van der Waals surface area contributed by atoms with Crippen molar-refractivity contribution in [3.8, 4) is 11.1 Å². The zero-order valence-electron chi connectivity index (χ0n) is 11.7. The van der Waals surface area contributed by atoms with Crippen LogP contribution >= 0.6 is 0 Å². The Morgan fingerprint density at radius 2 is 1.68 bits per heavy atom. The minimum absolute atomic E-state index is 0.236. The van der Waals surface area contributed by atoms with E-state index in [2.05, 4.69) is 66.5 Å². The van der Waals surface area contributed by atoms with Crippen molar-refractivity contribution < 1.29 is 23.5 Å². The Morgan fingerprint density at radius 1 is 0.947 bits per heavy atom. The van der Waals surface area contributed by atoms with E-state index in [1.54, 1.807) is 8.83 Å².